The highest BCUT2D eigenvalue weighted by atomic mass is 16.2. The van der Waals surface area contributed by atoms with E-state index in [1.54, 1.807) is 21.8 Å². The second kappa shape index (κ2) is 3.57. The first-order valence-corrected chi connectivity index (χ1v) is 5.16. The zero-order valence-electron chi connectivity index (χ0n) is 8.63. The number of carbonyl (C=O) groups is 1. The minimum atomic E-state index is 0.0544. The first-order valence-electron chi connectivity index (χ1n) is 5.16. The van der Waals surface area contributed by atoms with Gasteiger partial charge in [0.25, 0.3) is 0 Å². The molecule has 16 heavy (non-hydrogen) atoms. The van der Waals surface area contributed by atoms with E-state index in [1.807, 2.05) is 12.1 Å². The van der Waals surface area contributed by atoms with Crippen LogP contribution >= 0.6 is 0 Å². The van der Waals surface area contributed by atoms with Gasteiger partial charge in [0.05, 0.1) is 12.7 Å². The zero-order valence-corrected chi connectivity index (χ0v) is 8.63. The van der Waals surface area contributed by atoms with Crippen LogP contribution in [0.1, 0.15) is 0 Å². The molecule has 1 amide bonds. The average Bonchev–Trinajstić information content (AvgIpc) is 2.74. The van der Waals surface area contributed by atoms with E-state index in [0.29, 0.717) is 13.1 Å². The lowest BCUT2D eigenvalue weighted by Crippen LogP contribution is -2.48. The highest BCUT2D eigenvalue weighted by Crippen LogP contribution is 2.15. The summed E-state index contributed by atoms with van der Waals surface area (Å²) in [6.45, 7) is 1.83. The molecular formula is C10H11N5O. The summed E-state index contributed by atoms with van der Waals surface area (Å²) in [7, 11) is 0. The molecule has 6 heteroatoms. The van der Waals surface area contributed by atoms with Crippen molar-refractivity contribution in [2.24, 2.45) is 0 Å². The Bertz CT molecular complexity index is 535. The predicted octanol–water partition coefficient (Wildman–Crippen LogP) is -0.335. The van der Waals surface area contributed by atoms with E-state index in [2.05, 4.69) is 15.4 Å². The fourth-order valence-corrected chi connectivity index (χ4v) is 1.85. The Hall–Kier alpha value is -1.95. The van der Waals surface area contributed by atoms with E-state index in [9.17, 15) is 4.79 Å². The average molecular weight is 217 g/mol. The van der Waals surface area contributed by atoms with Crippen molar-refractivity contribution in [1.29, 1.82) is 0 Å². The Morgan fingerprint density at radius 2 is 2.38 bits per heavy atom. The summed E-state index contributed by atoms with van der Waals surface area (Å²) >= 11 is 0. The fraction of sp³-hybridized carbons (Fsp3) is 0.300. The third-order valence-electron chi connectivity index (χ3n) is 2.63. The van der Waals surface area contributed by atoms with Crippen molar-refractivity contribution in [2.45, 2.75) is 0 Å². The van der Waals surface area contributed by atoms with Gasteiger partial charge in [-0.15, -0.1) is 0 Å². The van der Waals surface area contributed by atoms with Gasteiger partial charge in [0.1, 0.15) is 0 Å². The van der Waals surface area contributed by atoms with Crippen LogP contribution in [-0.2, 0) is 4.79 Å². The number of carbonyl (C=O) groups excluding carboxylic acids is 1. The van der Waals surface area contributed by atoms with Crippen molar-refractivity contribution in [3.63, 3.8) is 0 Å². The number of imidazole rings is 1. The SMILES string of the molecule is O=C1CNCCN1c1cnc2cccnn12. The monoisotopic (exact) mass is 217 g/mol. The molecule has 0 saturated carbocycles. The van der Waals surface area contributed by atoms with Crippen LogP contribution in [0.5, 0.6) is 0 Å². The molecule has 1 N–H and O–H groups in total. The number of hydrogen-bond donors (Lipinski definition) is 1. The van der Waals surface area contributed by atoms with Gasteiger partial charge in [-0.2, -0.15) is 9.61 Å². The molecule has 1 aliphatic rings. The number of fused-ring (bicyclic) bond motifs is 1. The molecule has 0 bridgehead atoms. The van der Waals surface area contributed by atoms with Crippen LogP contribution in [0.15, 0.2) is 24.5 Å². The first kappa shape index (κ1) is 9.29. The summed E-state index contributed by atoms with van der Waals surface area (Å²) < 4.78 is 1.68. The molecule has 0 radical (unpaired) electrons. The minimum absolute atomic E-state index is 0.0544. The summed E-state index contributed by atoms with van der Waals surface area (Å²) in [5.74, 6) is 0.792. The van der Waals surface area contributed by atoms with Crippen LogP contribution in [-0.4, -0.2) is 40.1 Å². The van der Waals surface area contributed by atoms with Crippen molar-refractivity contribution in [2.75, 3.05) is 24.5 Å². The highest BCUT2D eigenvalue weighted by molar-refractivity contribution is 5.94. The second-order valence-corrected chi connectivity index (χ2v) is 3.63. The molecule has 6 nitrogen and oxygen atoms in total. The molecule has 1 fully saturated rings. The van der Waals surface area contributed by atoms with Gasteiger partial charge in [-0.25, -0.2) is 4.98 Å². The maximum atomic E-state index is 11.7. The Morgan fingerprint density at radius 3 is 3.25 bits per heavy atom. The molecule has 0 atom stereocenters. The highest BCUT2D eigenvalue weighted by Gasteiger charge is 2.22. The third kappa shape index (κ3) is 1.35. The molecule has 0 unspecified atom stereocenters. The molecule has 3 rings (SSSR count). The quantitative estimate of drug-likeness (QED) is 0.710. The van der Waals surface area contributed by atoms with E-state index >= 15 is 0 Å². The van der Waals surface area contributed by atoms with Crippen molar-refractivity contribution in [3.8, 4) is 0 Å². The minimum Gasteiger partial charge on any atom is -0.307 e. The summed E-state index contributed by atoms with van der Waals surface area (Å²) in [5.41, 5.74) is 0.754. The van der Waals surface area contributed by atoms with E-state index in [-0.39, 0.29) is 5.91 Å². The molecule has 3 heterocycles. The molecule has 2 aromatic rings. The van der Waals surface area contributed by atoms with Crippen molar-refractivity contribution >= 4 is 17.4 Å². The van der Waals surface area contributed by atoms with Crippen LogP contribution in [0.2, 0.25) is 0 Å². The summed E-state index contributed by atoms with van der Waals surface area (Å²) in [5, 5.41) is 7.22. The number of piperazine rings is 1. The van der Waals surface area contributed by atoms with Gasteiger partial charge in [0.2, 0.25) is 5.91 Å². The smallest absolute Gasteiger partial charge is 0.242 e. The summed E-state index contributed by atoms with van der Waals surface area (Å²) in [6.07, 6.45) is 3.37. The van der Waals surface area contributed by atoms with Crippen LogP contribution in [0.25, 0.3) is 5.65 Å². The van der Waals surface area contributed by atoms with E-state index in [0.717, 1.165) is 18.0 Å². The molecule has 1 saturated heterocycles. The van der Waals surface area contributed by atoms with Crippen LogP contribution in [0.3, 0.4) is 0 Å². The van der Waals surface area contributed by atoms with Gasteiger partial charge < -0.3 is 5.32 Å². The van der Waals surface area contributed by atoms with Crippen LogP contribution in [0, 0.1) is 0 Å². The van der Waals surface area contributed by atoms with Gasteiger partial charge >= 0.3 is 0 Å². The van der Waals surface area contributed by atoms with Crippen molar-refractivity contribution in [3.05, 3.63) is 24.5 Å². The Kier molecular flexibility index (Phi) is 2.07. The number of nitrogens with zero attached hydrogens (tertiary/aromatic N) is 4. The summed E-state index contributed by atoms with van der Waals surface area (Å²) in [6, 6.07) is 3.69. The number of rotatable bonds is 1. The second-order valence-electron chi connectivity index (χ2n) is 3.63. The van der Waals surface area contributed by atoms with Gasteiger partial charge in [0, 0.05) is 19.3 Å². The van der Waals surface area contributed by atoms with Crippen molar-refractivity contribution < 1.29 is 4.79 Å². The summed E-state index contributed by atoms with van der Waals surface area (Å²) in [4.78, 5) is 17.7. The lowest BCUT2D eigenvalue weighted by atomic mass is 10.3. The van der Waals surface area contributed by atoms with Crippen LogP contribution in [0.4, 0.5) is 5.82 Å². The molecular weight excluding hydrogens is 206 g/mol. The normalized spacial score (nSPS) is 17.0. The molecule has 0 aromatic carbocycles. The van der Waals surface area contributed by atoms with E-state index < -0.39 is 0 Å². The fourth-order valence-electron chi connectivity index (χ4n) is 1.85. The predicted molar refractivity (Wildman–Crippen MR) is 58.2 cm³/mol. The molecule has 82 valence electrons. The molecule has 0 aliphatic carbocycles. The maximum absolute atomic E-state index is 11.7. The Balaban J connectivity index is 2.08. The number of hydrogen-bond acceptors (Lipinski definition) is 4. The Morgan fingerprint density at radius 1 is 1.44 bits per heavy atom. The van der Waals surface area contributed by atoms with E-state index in [4.69, 9.17) is 0 Å². The molecule has 2 aromatic heterocycles. The van der Waals surface area contributed by atoms with Crippen molar-refractivity contribution in [1.82, 2.24) is 19.9 Å². The zero-order chi connectivity index (χ0) is 11.0. The molecule has 1 aliphatic heterocycles. The van der Waals surface area contributed by atoms with Gasteiger partial charge in [-0.3, -0.25) is 9.69 Å². The first-order chi connectivity index (χ1) is 7.86. The van der Waals surface area contributed by atoms with Gasteiger partial charge in [-0.1, -0.05) is 0 Å². The van der Waals surface area contributed by atoms with E-state index in [1.165, 1.54) is 0 Å². The Labute approximate surface area is 91.9 Å². The topological polar surface area (TPSA) is 62.5 Å². The number of aromatic nitrogens is 3. The number of nitrogens with one attached hydrogen (secondary N) is 1. The van der Waals surface area contributed by atoms with Gasteiger partial charge in [0.15, 0.2) is 11.5 Å². The number of anilines is 1. The number of amides is 1. The third-order valence-corrected chi connectivity index (χ3v) is 2.63. The molecule has 0 spiro atoms. The maximum Gasteiger partial charge on any atom is 0.242 e. The largest absolute Gasteiger partial charge is 0.307 e. The van der Waals surface area contributed by atoms with Crippen LogP contribution < -0.4 is 10.2 Å². The lowest BCUT2D eigenvalue weighted by Gasteiger charge is -2.25. The lowest BCUT2D eigenvalue weighted by molar-refractivity contribution is -0.118. The van der Waals surface area contributed by atoms with Gasteiger partial charge in [-0.05, 0) is 12.1 Å². The standard InChI is InChI=1S/C10H11N5O/c16-10-7-11-4-5-14(10)9-6-12-8-2-1-3-13-15(8)9/h1-3,6,11H,4-5,7H2.